The number of nitrogens with zero attached hydrogens (tertiary/aromatic N) is 3. The smallest absolute Gasteiger partial charge is 0.298 e. The number of hydrogen-bond donors (Lipinski definition) is 1. The zero-order chi connectivity index (χ0) is 17.4. The highest BCUT2D eigenvalue weighted by Gasteiger charge is 2.34. The monoisotopic (exact) mass is 350 g/mol. The summed E-state index contributed by atoms with van der Waals surface area (Å²) in [5.74, 6) is 2.50. The van der Waals surface area contributed by atoms with Gasteiger partial charge in [-0.15, -0.1) is 0 Å². The minimum Gasteiger partial charge on any atom is -0.298 e. The van der Waals surface area contributed by atoms with E-state index in [0.29, 0.717) is 24.6 Å². The summed E-state index contributed by atoms with van der Waals surface area (Å²) < 4.78 is 39.6. The van der Waals surface area contributed by atoms with Gasteiger partial charge in [-0.2, -0.15) is 18.3 Å². The Morgan fingerprint density at radius 1 is 1.12 bits per heavy atom. The van der Waals surface area contributed by atoms with Crippen molar-refractivity contribution in [3.05, 3.63) is 47.0 Å². The van der Waals surface area contributed by atoms with Gasteiger partial charge in [-0.3, -0.25) is 10.00 Å². The van der Waals surface area contributed by atoms with E-state index in [1.54, 1.807) is 12.1 Å². The highest BCUT2D eigenvalue weighted by molar-refractivity contribution is 5.29. The SMILES string of the molecule is FC(F)(F)c1ccccc1CN1CCCC(c2n[nH]c(C3CC3)n2)C1. The van der Waals surface area contributed by atoms with Crippen LogP contribution >= 0.6 is 0 Å². The fourth-order valence-electron chi connectivity index (χ4n) is 3.60. The lowest BCUT2D eigenvalue weighted by Gasteiger charge is -2.32. The molecule has 2 aliphatic rings. The maximum Gasteiger partial charge on any atom is 0.416 e. The summed E-state index contributed by atoms with van der Waals surface area (Å²) in [6, 6.07) is 5.85. The van der Waals surface area contributed by atoms with E-state index in [1.807, 2.05) is 0 Å². The minimum atomic E-state index is -4.31. The lowest BCUT2D eigenvalue weighted by atomic mass is 9.96. The highest BCUT2D eigenvalue weighted by atomic mass is 19.4. The first-order valence-electron chi connectivity index (χ1n) is 8.80. The minimum absolute atomic E-state index is 0.190. The van der Waals surface area contributed by atoms with Crippen molar-refractivity contribution in [3.8, 4) is 0 Å². The van der Waals surface area contributed by atoms with Crippen molar-refractivity contribution >= 4 is 0 Å². The second-order valence-electron chi connectivity index (χ2n) is 7.08. The zero-order valence-electron chi connectivity index (χ0n) is 13.9. The first-order valence-corrected chi connectivity index (χ1v) is 8.80. The third-order valence-electron chi connectivity index (χ3n) is 5.07. The number of likely N-dealkylation sites (tertiary alicyclic amines) is 1. The van der Waals surface area contributed by atoms with Gasteiger partial charge in [0.05, 0.1) is 5.56 Å². The number of piperidine rings is 1. The number of hydrogen-bond acceptors (Lipinski definition) is 3. The van der Waals surface area contributed by atoms with Crippen molar-refractivity contribution in [2.75, 3.05) is 13.1 Å². The Labute approximate surface area is 144 Å². The first kappa shape index (κ1) is 16.6. The van der Waals surface area contributed by atoms with Crippen molar-refractivity contribution in [1.29, 1.82) is 0 Å². The molecular weight excluding hydrogens is 329 g/mol. The number of benzene rings is 1. The lowest BCUT2D eigenvalue weighted by Crippen LogP contribution is -2.34. The molecule has 7 heteroatoms. The third kappa shape index (κ3) is 3.71. The van der Waals surface area contributed by atoms with E-state index in [4.69, 9.17) is 0 Å². The molecule has 2 fully saturated rings. The average molecular weight is 350 g/mol. The zero-order valence-corrected chi connectivity index (χ0v) is 13.9. The number of rotatable bonds is 4. The number of alkyl halides is 3. The molecule has 1 aromatic heterocycles. The molecule has 1 saturated carbocycles. The number of nitrogens with one attached hydrogen (secondary N) is 1. The van der Waals surface area contributed by atoms with Crippen molar-refractivity contribution in [3.63, 3.8) is 0 Å². The van der Waals surface area contributed by atoms with Gasteiger partial charge in [0, 0.05) is 24.9 Å². The molecule has 0 radical (unpaired) electrons. The molecule has 1 saturated heterocycles. The largest absolute Gasteiger partial charge is 0.416 e. The van der Waals surface area contributed by atoms with Crippen LogP contribution in [-0.4, -0.2) is 33.2 Å². The quantitative estimate of drug-likeness (QED) is 0.904. The number of H-pyrrole nitrogens is 1. The molecule has 0 spiro atoms. The topological polar surface area (TPSA) is 44.8 Å². The molecule has 1 aliphatic heterocycles. The summed E-state index contributed by atoms with van der Waals surface area (Å²) in [4.78, 5) is 6.71. The van der Waals surface area contributed by atoms with Gasteiger partial charge in [0.2, 0.25) is 0 Å². The van der Waals surface area contributed by atoms with Crippen molar-refractivity contribution in [2.24, 2.45) is 0 Å². The van der Waals surface area contributed by atoms with Gasteiger partial charge in [0.25, 0.3) is 0 Å². The predicted molar refractivity (Wildman–Crippen MR) is 87.1 cm³/mol. The van der Waals surface area contributed by atoms with Crippen molar-refractivity contribution in [2.45, 2.75) is 50.2 Å². The van der Waals surface area contributed by atoms with Crippen LogP contribution in [0.4, 0.5) is 13.2 Å². The van der Waals surface area contributed by atoms with Gasteiger partial charge in [-0.1, -0.05) is 18.2 Å². The van der Waals surface area contributed by atoms with E-state index in [0.717, 1.165) is 37.1 Å². The van der Waals surface area contributed by atoms with Crippen LogP contribution in [0, 0.1) is 0 Å². The van der Waals surface area contributed by atoms with Crippen LogP contribution in [-0.2, 0) is 12.7 Å². The summed E-state index contributed by atoms with van der Waals surface area (Å²) in [6.45, 7) is 1.82. The fraction of sp³-hybridized carbons (Fsp3) is 0.556. The van der Waals surface area contributed by atoms with Gasteiger partial charge >= 0.3 is 6.18 Å². The molecule has 1 N–H and O–H groups in total. The lowest BCUT2D eigenvalue weighted by molar-refractivity contribution is -0.138. The van der Waals surface area contributed by atoms with Gasteiger partial charge in [0.15, 0.2) is 5.82 Å². The fourth-order valence-corrected chi connectivity index (χ4v) is 3.60. The van der Waals surface area contributed by atoms with Crippen molar-refractivity contribution < 1.29 is 13.2 Å². The molecule has 1 aliphatic carbocycles. The summed E-state index contributed by atoms with van der Waals surface area (Å²) in [5, 5.41) is 7.39. The van der Waals surface area contributed by atoms with Crippen LogP contribution in [0.5, 0.6) is 0 Å². The van der Waals surface area contributed by atoms with Crippen LogP contribution in [0.15, 0.2) is 24.3 Å². The van der Waals surface area contributed by atoms with E-state index in [2.05, 4.69) is 20.1 Å². The first-order chi connectivity index (χ1) is 12.0. The third-order valence-corrected chi connectivity index (χ3v) is 5.07. The maximum absolute atomic E-state index is 13.2. The molecule has 2 heterocycles. The van der Waals surface area contributed by atoms with Gasteiger partial charge in [-0.05, 0) is 43.9 Å². The average Bonchev–Trinajstić information content (AvgIpc) is 3.32. The highest BCUT2D eigenvalue weighted by Crippen LogP contribution is 2.38. The van der Waals surface area contributed by atoms with Gasteiger partial charge in [0.1, 0.15) is 5.82 Å². The van der Waals surface area contributed by atoms with Crippen LogP contribution in [0.3, 0.4) is 0 Å². The van der Waals surface area contributed by atoms with Crippen LogP contribution in [0.1, 0.15) is 60.3 Å². The van der Waals surface area contributed by atoms with Gasteiger partial charge < -0.3 is 0 Å². The molecule has 0 bridgehead atoms. The van der Waals surface area contributed by atoms with Crippen LogP contribution < -0.4 is 0 Å². The standard InChI is InChI=1S/C18H21F3N4/c19-18(20,21)15-6-2-1-4-13(15)10-25-9-3-5-14(11-25)17-22-16(23-24-17)12-7-8-12/h1-2,4,6,12,14H,3,5,7-11H2,(H,22,23,24). The molecule has 2 aromatic rings. The summed E-state index contributed by atoms with van der Waals surface area (Å²) in [6.07, 6.45) is -0.0421. The molecule has 1 aromatic carbocycles. The number of aromatic nitrogens is 3. The molecule has 134 valence electrons. The Morgan fingerprint density at radius 2 is 1.92 bits per heavy atom. The number of aromatic amines is 1. The normalized spacial score (nSPS) is 22.3. The second-order valence-corrected chi connectivity index (χ2v) is 7.08. The Hall–Kier alpha value is -1.89. The molecular formula is C18H21F3N4. The maximum atomic E-state index is 13.2. The Bertz CT molecular complexity index is 736. The van der Waals surface area contributed by atoms with Crippen molar-refractivity contribution in [1.82, 2.24) is 20.1 Å². The summed E-state index contributed by atoms with van der Waals surface area (Å²) in [7, 11) is 0. The Morgan fingerprint density at radius 3 is 2.68 bits per heavy atom. The molecule has 1 atom stereocenters. The molecule has 0 amide bonds. The summed E-state index contributed by atoms with van der Waals surface area (Å²) >= 11 is 0. The van der Waals surface area contributed by atoms with Crippen LogP contribution in [0.2, 0.25) is 0 Å². The van der Waals surface area contributed by atoms with E-state index >= 15 is 0 Å². The predicted octanol–water partition coefficient (Wildman–Crippen LogP) is 4.08. The van der Waals surface area contributed by atoms with E-state index in [9.17, 15) is 13.2 Å². The molecule has 25 heavy (non-hydrogen) atoms. The Balaban J connectivity index is 1.46. The molecule has 4 nitrogen and oxygen atoms in total. The van der Waals surface area contributed by atoms with E-state index in [-0.39, 0.29) is 5.92 Å². The Kier molecular flexibility index (Phi) is 4.27. The second kappa shape index (κ2) is 6.44. The molecule has 4 rings (SSSR count). The van der Waals surface area contributed by atoms with E-state index in [1.165, 1.54) is 18.9 Å². The molecule has 1 unspecified atom stereocenters. The number of halogens is 3. The van der Waals surface area contributed by atoms with Gasteiger partial charge in [-0.25, -0.2) is 4.98 Å². The van der Waals surface area contributed by atoms with E-state index < -0.39 is 11.7 Å². The summed E-state index contributed by atoms with van der Waals surface area (Å²) in [5.41, 5.74) is -0.199. The van der Waals surface area contributed by atoms with Crippen LogP contribution in [0.25, 0.3) is 0 Å².